The number of methoxy groups -OCH3 is 1. The number of likely N-dealkylation sites (N-methyl/N-ethyl adjacent to an activating group) is 1. The highest BCUT2D eigenvalue weighted by Crippen LogP contribution is 2.65. The number of aliphatic hydroxyl groups is 1. The summed E-state index contributed by atoms with van der Waals surface area (Å²) in [7, 11) is 3.61. The van der Waals surface area contributed by atoms with Gasteiger partial charge in [-0.05, 0) is 90.1 Å². The fourth-order valence-electron chi connectivity index (χ4n) is 8.75. The van der Waals surface area contributed by atoms with Crippen molar-refractivity contribution in [2.75, 3.05) is 20.7 Å². The molecule has 4 aliphatic rings. The maximum absolute atomic E-state index is 13.3. The highest BCUT2D eigenvalue weighted by atomic mass is 16.6. The molecule has 5 rings (SSSR count). The maximum atomic E-state index is 13.3. The van der Waals surface area contributed by atoms with Crippen LogP contribution in [-0.4, -0.2) is 78.6 Å². The smallest absolute Gasteiger partial charge is 0.352 e. The van der Waals surface area contributed by atoms with Gasteiger partial charge in [0.2, 0.25) is 0 Å². The largest absolute Gasteiger partial charge is 0.493 e. The average Bonchev–Trinajstić information content (AvgIpc) is 3.48. The fourth-order valence-corrected chi connectivity index (χ4v) is 8.75. The lowest BCUT2D eigenvalue weighted by Crippen LogP contribution is -2.74. The van der Waals surface area contributed by atoms with Crippen molar-refractivity contribution >= 4 is 17.9 Å². The first-order valence-corrected chi connectivity index (χ1v) is 19.8. The summed E-state index contributed by atoms with van der Waals surface area (Å²) in [6.45, 7) is 5.86. The second-order valence-corrected chi connectivity index (χ2v) is 15.3. The third kappa shape index (κ3) is 8.38. The van der Waals surface area contributed by atoms with Crippen molar-refractivity contribution in [2.24, 2.45) is 0 Å². The molecule has 1 fully saturated rings. The number of hydrogen-bond donors (Lipinski definition) is 1. The standard InChI is InChI=1S/C42H61NO9/c1-6-7-8-9-10-11-12-13-14-15-16-17-18-19-20-21-35(44)49-29(2)39(45)50-30(3)40(46)51-33-24-25-42(47)34-28-31-22-23-32(48-5)37-36(31)41(42,38(33)52-37)26-27-43(34)4/h13-14,22-24,29-30,34,38,47H,6-12,15-21,25-28H2,1-5H3/b14-13-/t29-,30-,34+,38-,41?,42+/m0/s1. The third-order valence-corrected chi connectivity index (χ3v) is 11.7. The Kier molecular flexibility index (Phi) is 13.9. The van der Waals surface area contributed by atoms with Crippen LogP contribution >= 0.6 is 0 Å². The van der Waals surface area contributed by atoms with Gasteiger partial charge in [-0.25, -0.2) is 9.59 Å². The maximum Gasteiger partial charge on any atom is 0.352 e. The number of esters is 3. The SMILES string of the molecule is CCCCCCCC/C=C\CCCCCCCC(=O)O[C@@H](C)C(=O)O[C@@H](C)C(=O)OC1=CC[C@@]2(O)[C@H]3Cc4ccc(OC)c5c4C2(CCN3C)[C@H]1O5. The molecule has 1 spiro atoms. The van der Waals surface area contributed by atoms with E-state index in [9.17, 15) is 19.5 Å². The number of likely N-dealkylation sites (tertiary alicyclic amines) is 1. The Hall–Kier alpha value is -3.37. The average molecular weight is 724 g/mol. The zero-order chi connectivity index (χ0) is 37.3. The molecule has 2 bridgehead atoms. The van der Waals surface area contributed by atoms with Gasteiger partial charge in [-0.3, -0.25) is 4.79 Å². The lowest BCUT2D eigenvalue weighted by molar-refractivity contribution is -0.180. The van der Waals surface area contributed by atoms with Crippen molar-refractivity contribution in [3.63, 3.8) is 0 Å². The molecule has 52 heavy (non-hydrogen) atoms. The van der Waals surface area contributed by atoms with E-state index < -0.39 is 47.2 Å². The summed E-state index contributed by atoms with van der Waals surface area (Å²) in [5.74, 6) is -0.639. The van der Waals surface area contributed by atoms with Crippen LogP contribution in [0.4, 0.5) is 0 Å². The Labute approximate surface area is 310 Å². The second kappa shape index (κ2) is 18.1. The number of piperidine rings is 1. The molecular weight excluding hydrogens is 662 g/mol. The summed E-state index contributed by atoms with van der Waals surface area (Å²) in [6.07, 6.45) is 20.1. The molecule has 0 radical (unpaired) electrons. The molecule has 1 aromatic rings. The first-order valence-electron chi connectivity index (χ1n) is 19.8. The van der Waals surface area contributed by atoms with E-state index in [1.165, 1.54) is 58.8 Å². The van der Waals surface area contributed by atoms with E-state index in [4.69, 9.17) is 23.7 Å². The van der Waals surface area contributed by atoms with Gasteiger partial charge >= 0.3 is 17.9 Å². The van der Waals surface area contributed by atoms with Gasteiger partial charge in [0, 0.05) is 24.4 Å². The van der Waals surface area contributed by atoms with E-state index in [1.807, 2.05) is 19.2 Å². The number of allylic oxidation sites excluding steroid dienone is 2. The lowest BCUT2D eigenvalue weighted by atomic mass is 9.50. The topological polar surface area (TPSA) is 121 Å². The molecule has 10 heteroatoms. The first kappa shape index (κ1) is 39.8. The van der Waals surface area contributed by atoms with Gasteiger partial charge in [-0.1, -0.05) is 76.5 Å². The Morgan fingerprint density at radius 2 is 1.60 bits per heavy atom. The minimum Gasteiger partial charge on any atom is -0.493 e. The molecule has 1 aromatic carbocycles. The van der Waals surface area contributed by atoms with Crippen molar-refractivity contribution in [1.82, 2.24) is 4.90 Å². The fraction of sp³-hybridized carbons (Fsp3) is 0.690. The van der Waals surface area contributed by atoms with E-state index in [0.29, 0.717) is 30.8 Å². The molecular formula is C42H61NO9. The Balaban J connectivity index is 1.03. The van der Waals surface area contributed by atoms with Crippen LogP contribution in [0.15, 0.2) is 36.1 Å². The van der Waals surface area contributed by atoms with Gasteiger partial charge in [-0.2, -0.15) is 0 Å². The molecule has 1 saturated heterocycles. The highest BCUT2D eigenvalue weighted by molar-refractivity contribution is 5.83. The minimum absolute atomic E-state index is 0.131. The molecule has 288 valence electrons. The molecule has 0 amide bonds. The number of hydrogen-bond acceptors (Lipinski definition) is 10. The minimum atomic E-state index is -1.26. The second-order valence-electron chi connectivity index (χ2n) is 15.3. The van der Waals surface area contributed by atoms with Crippen LogP contribution in [0.3, 0.4) is 0 Å². The number of unbranched alkanes of at least 4 members (excludes halogenated alkanes) is 11. The zero-order valence-corrected chi connectivity index (χ0v) is 32.1. The van der Waals surface area contributed by atoms with Gasteiger partial charge in [-0.15, -0.1) is 0 Å². The lowest BCUT2D eigenvalue weighted by Gasteiger charge is -2.61. The first-order chi connectivity index (χ1) is 25.1. The summed E-state index contributed by atoms with van der Waals surface area (Å²) < 4.78 is 28.8. The molecule has 2 heterocycles. The van der Waals surface area contributed by atoms with Gasteiger partial charge < -0.3 is 33.7 Å². The van der Waals surface area contributed by atoms with E-state index in [2.05, 4.69) is 24.0 Å². The van der Waals surface area contributed by atoms with Gasteiger partial charge in [0.15, 0.2) is 29.8 Å². The zero-order valence-electron chi connectivity index (χ0n) is 32.1. The van der Waals surface area contributed by atoms with Gasteiger partial charge in [0.25, 0.3) is 0 Å². The number of carbonyl (C=O) groups excluding carboxylic acids is 3. The van der Waals surface area contributed by atoms with Crippen molar-refractivity contribution in [1.29, 1.82) is 0 Å². The van der Waals surface area contributed by atoms with Crippen LogP contribution in [0.5, 0.6) is 11.5 Å². The van der Waals surface area contributed by atoms with E-state index in [-0.39, 0.29) is 24.6 Å². The number of nitrogens with zero attached hydrogens (tertiary/aromatic N) is 1. The van der Waals surface area contributed by atoms with Crippen LogP contribution in [0.25, 0.3) is 0 Å². The summed E-state index contributed by atoms with van der Waals surface area (Å²) in [6, 6.07) is 3.79. The molecule has 1 unspecified atom stereocenters. The van der Waals surface area contributed by atoms with E-state index in [0.717, 1.165) is 49.8 Å². The van der Waals surface area contributed by atoms with Crippen LogP contribution in [0.2, 0.25) is 0 Å². The summed E-state index contributed by atoms with van der Waals surface area (Å²) >= 11 is 0. The summed E-state index contributed by atoms with van der Waals surface area (Å²) in [5.41, 5.74) is 0.0723. The van der Waals surface area contributed by atoms with Crippen LogP contribution < -0.4 is 9.47 Å². The molecule has 10 nitrogen and oxygen atoms in total. The van der Waals surface area contributed by atoms with Crippen LogP contribution in [-0.2, 0) is 40.4 Å². The predicted octanol–water partition coefficient (Wildman–Crippen LogP) is 7.42. The molecule has 2 aliphatic heterocycles. The molecule has 0 aromatic heterocycles. The number of carbonyl (C=O) groups is 3. The molecule has 6 atom stereocenters. The highest BCUT2D eigenvalue weighted by Gasteiger charge is 2.72. The molecule has 0 saturated carbocycles. The van der Waals surface area contributed by atoms with Crippen molar-refractivity contribution < 1.29 is 43.2 Å². The third-order valence-electron chi connectivity index (χ3n) is 11.7. The van der Waals surface area contributed by atoms with Crippen LogP contribution in [0, 0.1) is 0 Å². The summed E-state index contributed by atoms with van der Waals surface area (Å²) in [4.78, 5) is 40.7. The van der Waals surface area contributed by atoms with Crippen LogP contribution in [0.1, 0.15) is 135 Å². The molecule has 1 N–H and O–H groups in total. The normalized spacial score (nSPS) is 25.5. The summed E-state index contributed by atoms with van der Waals surface area (Å²) in [5, 5.41) is 12.4. The molecule has 2 aliphatic carbocycles. The number of rotatable bonds is 21. The Morgan fingerprint density at radius 3 is 2.29 bits per heavy atom. The predicted molar refractivity (Wildman–Crippen MR) is 198 cm³/mol. The van der Waals surface area contributed by atoms with Crippen molar-refractivity contribution in [2.45, 2.75) is 165 Å². The Bertz CT molecular complexity index is 1470. The monoisotopic (exact) mass is 723 g/mol. The van der Waals surface area contributed by atoms with Crippen molar-refractivity contribution in [3.8, 4) is 11.5 Å². The number of benzene rings is 1. The number of ether oxygens (including phenoxy) is 5. The quantitative estimate of drug-likeness (QED) is 0.0594. The Morgan fingerprint density at radius 1 is 0.942 bits per heavy atom. The van der Waals surface area contributed by atoms with Gasteiger partial charge in [0.05, 0.1) is 18.1 Å². The van der Waals surface area contributed by atoms with Crippen molar-refractivity contribution in [3.05, 3.63) is 47.2 Å². The van der Waals surface area contributed by atoms with E-state index >= 15 is 0 Å². The van der Waals surface area contributed by atoms with Gasteiger partial charge in [0.1, 0.15) is 5.76 Å². The van der Waals surface area contributed by atoms with E-state index in [1.54, 1.807) is 13.2 Å².